The van der Waals surface area contributed by atoms with Crippen molar-refractivity contribution in [2.24, 2.45) is 5.73 Å². The number of pyridine rings is 1. The number of thiophene rings is 1. The van der Waals surface area contributed by atoms with Crippen LogP contribution in [0.15, 0.2) is 101 Å². The Labute approximate surface area is 377 Å². The molecule has 0 spiro atoms. The van der Waals surface area contributed by atoms with Gasteiger partial charge in [-0.3, -0.25) is 9.59 Å². The molecule has 6 aromatic rings. The Hall–Kier alpha value is -7.12. The van der Waals surface area contributed by atoms with Gasteiger partial charge >= 0.3 is 18.2 Å². The number of benzene rings is 3. The third-order valence-corrected chi connectivity index (χ3v) is 12.0. The molecule has 3 amide bonds. The topological polar surface area (TPSA) is 216 Å². The number of fused-ring (bicyclic) bond motifs is 1. The van der Waals surface area contributed by atoms with E-state index in [1.807, 2.05) is 47.8 Å². The van der Waals surface area contributed by atoms with Crippen LogP contribution < -0.4 is 26.7 Å². The number of alkyl carbamates (subject to hydrolysis) is 1. The highest BCUT2D eigenvalue weighted by atomic mass is 32.1. The van der Waals surface area contributed by atoms with Crippen LogP contribution in [0.4, 0.5) is 25.4 Å². The molecule has 1 unspecified atom stereocenters. The van der Waals surface area contributed by atoms with Gasteiger partial charge in [0.05, 0.1) is 23.4 Å². The minimum atomic E-state index is -1.38. The normalized spacial score (nSPS) is 13.6. The van der Waals surface area contributed by atoms with Crippen LogP contribution >= 0.6 is 11.3 Å². The number of carbonyl (C=O) groups is 4. The molecule has 2 atom stereocenters. The quantitative estimate of drug-likeness (QED) is 0.0681. The van der Waals surface area contributed by atoms with Gasteiger partial charge in [0.1, 0.15) is 36.3 Å². The molecule has 1 fully saturated rings. The number of anilines is 2. The first-order chi connectivity index (χ1) is 31.5. The van der Waals surface area contributed by atoms with E-state index in [4.69, 9.17) is 15.2 Å². The molecular weight excluding hydrogens is 858 g/mol. The van der Waals surface area contributed by atoms with Gasteiger partial charge in [0.15, 0.2) is 0 Å². The number of aryl methyl sites for hydroxylation is 1. The Morgan fingerprint density at radius 3 is 2.35 bits per heavy atom. The Balaban J connectivity index is 0.938. The highest BCUT2D eigenvalue weighted by Crippen LogP contribution is 2.28. The maximum atomic E-state index is 15.4. The number of aromatic nitrogens is 4. The number of unbranched alkanes of at least 4 members (excludes halogenated alkanes) is 1. The summed E-state index contributed by atoms with van der Waals surface area (Å²) in [4.78, 5) is 68.6. The lowest BCUT2D eigenvalue weighted by atomic mass is 10.1. The fourth-order valence-corrected chi connectivity index (χ4v) is 8.32. The molecule has 1 saturated heterocycles. The summed E-state index contributed by atoms with van der Waals surface area (Å²) in [6.45, 7) is 3.83. The van der Waals surface area contributed by atoms with Crippen LogP contribution in [-0.2, 0) is 40.4 Å². The third-order valence-electron chi connectivity index (χ3n) is 11.1. The SMILES string of the molecule is CCn1cc(C(=O)O)c(=O)c2cc(F)c(N3CCN(C(=O)OCc4ccc(NC(=O)[C@H](CCCCN)n5cc(C(Cc6cccs6)NC(=O)OCc6ccccc6)nn5)cc4)CC3)cc21. The number of nitrogens with zero attached hydrogens (tertiary/aromatic N) is 6. The van der Waals surface area contributed by atoms with Gasteiger partial charge in [0.2, 0.25) is 11.3 Å². The Morgan fingerprint density at radius 2 is 1.66 bits per heavy atom. The number of halogens is 1. The summed E-state index contributed by atoms with van der Waals surface area (Å²) in [6, 6.07) is 21.5. The zero-order valence-electron chi connectivity index (χ0n) is 35.7. The lowest BCUT2D eigenvalue weighted by molar-refractivity contribution is -0.119. The van der Waals surface area contributed by atoms with Gasteiger partial charge < -0.3 is 45.3 Å². The summed E-state index contributed by atoms with van der Waals surface area (Å²) in [5.74, 6) is -2.36. The van der Waals surface area contributed by atoms with Crippen LogP contribution in [-0.4, -0.2) is 86.4 Å². The average Bonchev–Trinajstić information content (AvgIpc) is 4.03. The molecule has 7 rings (SSSR count). The van der Waals surface area contributed by atoms with Crippen LogP contribution in [0.2, 0.25) is 0 Å². The van der Waals surface area contributed by atoms with E-state index in [1.165, 1.54) is 15.8 Å². The molecule has 0 aliphatic carbocycles. The van der Waals surface area contributed by atoms with Crippen molar-refractivity contribution in [3.8, 4) is 0 Å². The molecule has 3 aromatic carbocycles. The molecule has 1 aliphatic heterocycles. The number of nitrogens with two attached hydrogens (primary N) is 1. The highest BCUT2D eigenvalue weighted by molar-refractivity contribution is 7.09. The number of ether oxygens (including phenoxy) is 2. The molecule has 0 bridgehead atoms. The number of hydrogen-bond acceptors (Lipinski definition) is 12. The molecule has 340 valence electrons. The van der Waals surface area contributed by atoms with Crippen LogP contribution in [0.3, 0.4) is 0 Å². The van der Waals surface area contributed by atoms with E-state index in [-0.39, 0.29) is 43.3 Å². The Morgan fingerprint density at radius 1 is 0.923 bits per heavy atom. The summed E-state index contributed by atoms with van der Waals surface area (Å²) in [6.07, 6.45) is 4.03. The molecule has 5 N–H and O–H groups in total. The predicted octanol–water partition coefficient (Wildman–Crippen LogP) is 6.49. The first kappa shape index (κ1) is 45.9. The number of carbonyl (C=O) groups excluding carboxylic acids is 3. The largest absolute Gasteiger partial charge is 0.477 e. The molecule has 0 radical (unpaired) electrons. The number of rotatable bonds is 18. The number of aromatic carboxylic acids is 1. The highest BCUT2D eigenvalue weighted by Gasteiger charge is 2.28. The molecule has 19 heteroatoms. The summed E-state index contributed by atoms with van der Waals surface area (Å²) in [5.41, 5.74) is 7.80. The number of nitrogens with one attached hydrogen (secondary N) is 2. The summed E-state index contributed by atoms with van der Waals surface area (Å²) in [7, 11) is 0. The standard InChI is InChI=1S/C46H50FN9O8S/c1-2-53-26-35(44(59)60)42(57)34-24-36(47)41(25-40(34)53)54-18-20-55(21-19-54)46(62)64-29-31-13-15-32(16-14-31)49-43(58)39(12-6-7-17-48)56-27-38(51-52-56)37(23-33-11-8-22-65-33)50-45(61)63-28-30-9-4-3-5-10-30/h3-5,8-11,13-16,22,24-27,37,39H,2,6-7,12,17-21,23,28-29,48H2,1H3,(H,49,58)(H,50,61)(H,59,60)/t37?,39-/m0/s1. The van der Waals surface area contributed by atoms with Crippen molar-refractivity contribution < 1.29 is 38.1 Å². The van der Waals surface area contributed by atoms with Crippen molar-refractivity contribution >= 4 is 57.7 Å². The smallest absolute Gasteiger partial charge is 0.410 e. The average molecular weight is 908 g/mol. The maximum Gasteiger partial charge on any atom is 0.410 e. The fourth-order valence-electron chi connectivity index (χ4n) is 7.57. The summed E-state index contributed by atoms with van der Waals surface area (Å²) in [5, 5.41) is 26.0. The predicted molar refractivity (Wildman–Crippen MR) is 242 cm³/mol. The number of carboxylic acids is 1. The molecule has 0 saturated carbocycles. The second kappa shape index (κ2) is 21.5. The molecule has 17 nitrogen and oxygen atoms in total. The first-order valence-electron chi connectivity index (χ1n) is 21.3. The summed E-state index contributed by atoms with van der Waals surface area (Å²) >= 11 is 1.55. The minimum Gasteiger partial charge on any atom is -0.477 e. The van der Waals surface area contributed by atoms with Crippen molar-refractivity contribution in [2.75, 3.05) is 42.9 Å². The van der Waals surface area contributed by atoms with Gasteiger partial charge in [-0.15, -0.1) is 16.4 Å². The van der Waals surface area contributed by atoms with E-state index in [0.717, 1.165) is 16.5 Å². The molecular formula is C46H50FN9O8S. The lowest BCUT2D eigenvalue weighted by Gasteiger charge is -2.35. The number of amides is 3. The zero-order valence-corrected chi connectivity index (χ0v) is 36.5. The van der Waals surface area contributed by atoms with E-state index >= 15 is 4.39 Å². The fraction of sp³-hybridized carbons (Fsp3) is 0.326. The van der Waals surface area contributed by atoms with Crippen LogP contribution in [0.1, 0.15) is 70.3 Å². The van der Waals surface area contributed by atoms with Gasteiger partial charge in [-0.25, -0.2) is 23.5 Å². The second-order valence-electron chi connectivity index (χ2n) is 15.5. The van der Waals surface area contributed by atoms with Gasteiger partial charge in [-0.05, 0) is 79.6 Å². The molecule has 65 heavy (non-hydrogen) atoms. The van der Waals surface area contributed by atoms with Crippen LogP contribution in [0.5, 0.6) is 0 Å². The van der Waals surface area contributed by atoms with Gasteiger partial charge in [0.25, 0.3) is 0 Å². The van der Waals surface area contributed by atoms with E-state index < -0.39 is 47.0 Å². The van der Waals surface area contributed by atoms with E-state index in [0.29, 0.717) is 74.3 Å². The first-order valence-corrected chi connectivity index (χ1v) is 22.2. The maximum absolute atomic E-state index is 15.4. The van der Waals surface area contributed by atoms with Gasteiger partial charge in [0, 0.05) is 61.3 Å². The third kappa shape index (κ3) is 11.5. The van der Waals surface area contributed by atoms with Gasteiger partial charge in [-0.1, -0.05) is 53.7 Å². The van der Waals surface area contributed by atoms with E-state index in [9.17, 15) is 29.1 Å². The number of piperazine rings is 1. The second-order valence-corrected chi connectivity index (χ2v) is 16.5. The monoisotopic (exact) mass is 907 g/mol. The zero-order chi connectivity index (χ0) is 45.9. The van der Waals surface area contributed by atoms with Crippen molar-refractivity contribution in [3.05, 3.63) is 140 Å². The summed E-state index contributed by atoms with van der Waals surface area (Å²) < 4.78 is 29.6. The minimum absolute atomic E-state index is 0.0149. The lowest BCUT2D eigenvalue weighted by Crippen LogP contribution is -2.49. The Bertz CT molecular complexity index is 2650. The van der Waals surface area contributed by atoms with Gasteiger partial charge in [-0.2, -0.15) is 0 Å². The molecule has 1 aliphatic rings. The van der Waals surface area contributed by atoms with Crippen molar-refractivity contribution in [3.63, 3.8) is 0 Å². The van der Waals surface area contributed by atoms with Crippen LogP contribution in [0.25, 0.3) is 10.9 Å². The number of carboxylic acid groups (broad SMARTS) is 1. The van der Waals surface area contributed by atoms with E-state index in [1.54, 1.807) is 64.3 Å². The number of hydrogen-bond donors (Lipinski definition) is 4. The van der Waals surface area contributed by atoms with Crippen molar-refractivity contribution in [1.29, 1.82) is 0 Å². The van der Waals surface area contributed by atoms with Crippen molar-refractivity contribution in [2.45, 2.75) is 64.4 Å². The molecule has 3 aromatic heterocycles. The van der Waals surface area contributed by atoms with Crippen LogP contribution in [0, 0.1) is 5.82 Å². The van der Waals surface area contributed by atoms with E-state index in [2.05, 4.69) is 20.9 Å². The molecule has 4 heterocycles. The Kier molecular flexibility index (Phi) is 15.2. The van der Waals surface area contributed by atoms with Crippen molar-refractivity contribution in [1.82, 2.24) is 29.8 Å².